The summed E-state index contributed by atoms with van der Waals surface area (Å²) in [7, 11) is 0. The summed E-state index contributed by atoms with van der Waals surface area (Å²) in [5.41, 5.74) is 4.75. The van der Waals surface area contributed by atoms with E-state index in [1.807, 2.05) is 36.7 Å². The fourth-order valence-electron chi connectivity index (χ4n) is 4.09. The molecule has 2 heterocycles. The number of aliphatic hydroxyl groups excluding tert-OH is 1. The minimum absolute atomic E-state index is 0.0182. The lowest BCUT2D eigenvalue weighted by atomic mass is 10.1. The fraction of sp³-hybridized carbons (Fsp3) is 0.455. The average molecular weight is 459 g/mol. The topological polar surface area (TPSA) is 132 Å². The molecule has 10 heteroatoms. The van der Waals surface area contributed by atoms with E-state index in [-0.39, 0.29) is 31.3 Å². The van der Waals surface area contributed by atoms with Gasteiger partial charge < -0.3 is 25.7 Å². The second-order valence-corrected chi connectivity index (χ2v) is 9.20. The minimum atomic E-state index is -1.27. The summed E-state index contributed by atoms with van der Waals surface area (Å²) < 4.78 is 0. The van der Waals surface area contributed by atoms with E-state index >= 15 is 0 Å². The first-order chi connectivity index (χ1) is 15.3. The van der Waals surface area contributed by atoms with Crippen molar-refractivity contribution in [3.05, 3.63) is 41.0 Å². The van der Waals surface area contributed by atoms with E-state index in [0.717, 1.165) is 34.5 Å². The molecule has 1 saturated carbocycles. The molecular formula is C22H26N4O5S. The van der Waals surface area contributed by atoms with E-state index in [4.69, 9.17) is 5.11 Å². The molecule has 32 heavy (non-hydrogen) atoms. The number of nitrogens with one attached hydrogen (secondary N) is 2. The SMILES string of the molecule is Cc1ncsc1-c1ccc(CNC(=O)[C@H]2C[C@@H](O)CN2C(=O)[C@@H](NC(=O)O)C2CC2)cc1. The number of likely N-dealkylation sites (tertiary alicyclic amines) is 1. The second kappa shape index (κ2) is 9.25. The molecule has 0 unspecified atom stereocenters. The van der Waals surface area contributed by atoms with E-state index in [2.05, 4.69) is 15.6 Å². The molecule has 0 bridgehead atoms. The van der Waals surface area contributed by atoms with Gasteiger partial charge in [-0.25, -0.2) is 9.78 Å². The van der Waals surface area contributed by atoms with Crippen molar-refractivity contribution >= 4 is 29.2 Å². The quantitative estimate of drug-likeness (QED) is 0.500. The number of rotatable bonds is 7. The molecule has 170 valence electrons. The second-order valence-electron chi connectivity index (χ2n) is 8.34. The number of benzene rings is 1. The van der Waals surface area contributed by atoms with E-state index < -0.39 is 30.2 Å². The van der Waals surface area contributed by atoms with Crippen molar-refractivity contribution in [2.24, 2.45) is 5.92 Å². The summed E-state index contributed by atoms with van der Waals surface area (Å²) in [5.74, 6) is -0.862. The Morgan fingerprint density at radius 1 is 1.25 bits per heavy atom. The van der Waals surface area contributed by atoms with Crippen molar-refractivity contribution in [1.29, 1.82) is 0 Å². The van der Waals surface area contributed by atoms with Gasteiger partial charge in [0.15, 0.2) is 0 Å². The third-order valence-electron chi connectivity index (χ3n) is 5.93. The highest BCUT2D eigenvalue weighted by Gasteiger charge is 2.45. The van der Waals surface area contributed by atoms with Crippen molar-refractivity contribution in [3.8, 4) is 10.4 Å². The Hall–Kier alpha value is -2.98. The Kier molecular flexibility index (Phi) is 6.43. The first-order valence-electron chi connectivity index (χ1n) is 10.6. The van der Waals surface area contributed by atoms with E-state index in [1.54, 1.807) is 11.3 Å². The van der Waals surface area contributed by atoms with E-state index in [0.29, 0.717) is 0 Å². The van der Waals surface area contributed by atoms with Crippen molar-refractivity contribution in [1.82, 2.24) is 20.5 Å². The average Bonchev–Trinajstić information content (AvgIpc) is 3.40. The number of hydrogen-bond donors (Lipinski definition) is 4. The maximum absolute atomic E-state index is 13.0. The molecule has 2 fully saturated rings. The van der Waals surface area contributed by atoms with Crippen LogP contribution in [0.3, 0.4) is 0 Å². The number of aryl methyl sites for hydroxylation is 1. The van der Waals surface area contributed by atoms with Crippen LogP contribution in [-0.2, 0) is 16.1 Å². The number of carbonyl (C=O) groups is 3. The van der Waals surface area contributed by atoms with Crippen LogP contribution < -0.4 is 10.6 Å². The Morgan fingerprint density at radius 2 is 1.97 bits per heavy atom. The highest BCUT2D eigenvalue weighted by molar-refractivity contribution is 7.13. The van der Waals surface area contributed by atoms with Crippen molar-refractivity contribution in [2.75, 3.05) is 6.54 Å². The van der Waals surface area contributed by atoms with Crippen LogP contribution in [0.25, 0.3) is 10.4 Å². The van der Waals surface area contributed by atoms with Crippen LogP contribution in [0.1, 0.15) is 30.5 Å². The van der Waals surface area contributed by atoms with Crippen LogP contribution in [0, 0.1) is 12.8 Å². The molecule has 9 nitrogen and oxygen atoms in total. The number of amides is 3. The summed E-state index contributed by atoms with van der Waals surface area (Å²) in [6.07, 6.45) is -0.428. The standard InChI is InChI=1S/C22H26N4O5S/c1-12-19(32-11-24-12)15-4-2-13(3-5-15)9-23-20(28)17-8-16(27)10-26(17)21(29)18(14-6-7-14)25-22(30)31/h2-5,11,14,16-18,25,27H,6-10H2,1H3,(H,23,28)(H,30,31)/t16-,17-,18+/m1/s1. The van der Waals surface area contributed by atoms with Gasteiger partial charge in [0.1, 0.15) is 12.1 Å². The molecule has 3 amide bonds. The molecule has 4 N–H and O–H groups in total. The predicted octanol–water partition coefficient (Wildman–Crippen LogP) is 1.74. The molecule has 3 atom stereocenters. The van der Waals surface area contributed by atoms with Crippen LogP contribution in [0.5, 0.6) is 0 Å². The summed E-state index contributed by atoms with van der Waals surface area (Å²) in [6.45, 7) is 2.27. The van der Waals surface area contributed by atoms with Gasteiger partial charge >= 0.3 is 6.09 Å². The summed E-state index contributed by atoms with van der Waals surface area (Å²) in [5, 5.41) is 24.3. The van der Waals surface area contributed by atoms with Gasteiger partial charge in [-0.1, -0.05) is 24.3 Å². The van der Waals surface area contributed by atoms with Gasteiger partial charge in [-0.3, -0.25) is 9.59 Å². The van der Waals surface area contributed by atoms with Crippen molar-refractivity contribution in [3.63, 3.8) is 0 Å². The number of aliphatic hydroxyl groups is 1. The van der Waals surface area contributed by atoms with Gasteiger partial charge in [-0.15, -0.1) is 11.3 Å². The number of carboxylic acid groups (broad SMARTS) is 1. The van der Waals surface area contributed by atoms with Crippen LogP contribution in [0.4, 0.5) is 4.79 Å². The third kappa shape index (κ3) is 4.91. The maximum atomic E-state index is 13.0. The first kappa shape index (κ1) is 22.2. The van der Waals surface area contributed by atoms with E-state index in [1.165, 1.54) is 4.90 Å². The molecule has 0 radical (unpaired) electrons. The molecule has 4 rings (SSSR count). The molecular weight excluding hydrogens is 432 g/mol. The first-order valence-corrected chi connectivity index (χ1v) is 11.5. The van der Waals surface area contributed by atoms with Gasteiger partial charge in [0.2, 0.25) is 11.8 Å². The number of aromatic nitrogens is 1. The molecule has 2 aliphatic rings. The van der Waals surface area contributed by atoms with Gasteiger partial charge in [-0.05, 0) is 36.8 Å². The Bertz CT molecular complexity index is 1000. The number of nitrogens with zero attached hydrogens (tertiary/aromatic N) is 2. The zero-order valence-electron chi connectivity index (χ0n) is 17.7. The highest BCUT2D eigenvalue weighted by atomic mass is 32.1. The summed E-state index contributed by atoms with van der Waals surface area (Å²) in [6, 6.07) is 6.12. The molecule has 1 aromatic heterocycles. The lowest BCUT2D eigenvalue weighted by Gasteiger charge is -2.28. The Labute approximate surface area is 189 Å². The molecule has 1 aliphatic carbocycles. The summed E-state index contributed by atoms with van der Waals surface area (Å²) >= 11 is 1.58. The normalized spacial score (nSPS) is 21.2. The van der Waals surface area contributed by atoms with E-state index in [9.17, 15) is 19.5 Å². The molecule has 1 saturated heterocycles. The number of thiazole rings is 1. The molecule has 0 spiro atoms. The Balaban J connectivity index is 1.39. The minimum Gasteiger partial charge on any atom is -0.465 e. The fourth-order valence-corrected chi connectivity index (χ4v) is 4.90. The van der Waals surface area contributed by atoms with Gasteiger partial charge in [0.05, 0.1) is 22.2 Å². The lowest BCUT2D eigenvalue weighted by Crippen LogP contribution is -2.54. The molecule has 1 aliphatic heterocycles. The van der Waals surface area contributed by atoms with Gasteiger partial charge in [0, 0.05) is 19.5 Å². The van der Waals surface area contributed by atoms with Crippen LogP contribution in [-0.4, -0.2) is 62.7 Å². The smallest absolute Gasteiger partial charge is 0.405 e. The summed E-state index contributed by atoms with van der Waals surface area (Å²) in [4.78, 5) is 43.6. The monoisotopic (exact) mass is 458 g/mol. The Morgan fingerprint density at radius 3 is 2.56 bits per heavy atom. The molecule has 1 aromatic carbocycles. The third-order valence-corrected chi connectivity index (χ3v) is 6.91. The van der Waals surface area contributed by atoms with Crippen LogP contribution in [0.2, 0.25) is 0 Å². The van der Waals surface area contributed by atoms with Crippen LogP contribution >= 0.6 is 11.3 Å². The van der Waals surface area contributed by atoms with Crippen molar-refractivity contribution < 1.29 is 24.6 Å². The number of hydrogen-bond acceptors (Lipinski definition) is 6. The van der Waals surface area contributed by atoms with Crippen molar-refractivity contribution in [2.45, 2.75) is 50.9 Å². The zero-order valence-corrected chi connectivity index (χ0v) is 18.5. The zero-order chi connectivity index (χ0) is 22.8. The maximum Gasteiger partial charge on any atom is 0.405 e. The number of carbonyl (C=O) groups excluding carboxylic acids is 2. The van der Waals surface area contributed by atoms with Crippen LogP contribution in [0.15, 0.2) is 29.8 Å². The van der Waals surface area contributed by atoms with Gasteiger partial charge in [0.25, 0.3) is 0 Å². The predicted molar refractivity (Wildman–Crippen MR) is 118 cm³/mol. The number of β-amino-alcohol motifs (C(OH)–C–C–N with tert-alkyl or cyclic N) is 1. The van der Waals surface area contributed by atoms with Gasteiger partial charge in [-0.2, -0.15) is 0 Å². The highest BCUT2D eigenvalue weighted by Crippen LogP contribution is 2.34. The molecule has 2 aromatic rings. The largest absolute Gasteiger partial charge is 0.465 e. The lowest BCUT2D eigenvalue weighted by molar-refractivity contribution is -0.140.